The molecule has 0 aliphatic heterocycles. The molecule has 1 aromatic carbocycles. The Labute approximate surface area is 139 Å². The van der Waals surface area contributed by atoms with Crippen LogP contribution in [0.3, 0.4) is 0 Å². The lowest BCUT2D eigenvalue weighted by molar-refractivity contribution is 0.268. The van der Waals surface area contributed by atoms with E-state index in [-0.39, 0.29) is 0 Å². The van der Waals surface area contributed by atoms with Gasteiger partial charge in [-0.1, -0.05) is 48.5 Å². The van der Waals surface area contributed by atoms with Gasteiger partial charge in [0.2, 0.25) is 0 Å². The average molecular weight is 408 g/mol. The Morgan fingerprint density at radius 1 is 1.00 bits per heavy atom. The molecule has 0 aliphatic carbocycles. The van der Waals surface area contributed by atoms with Crippen LogP contribution in [0.4, 0.5) is 0 Å². The van der Waals surface area contributed by atoms with Gasteiger partial charge < -0.3 is 9.47 Å². The van der Waals surface area contributed by atoms with E-state index in [4.69, 9.17) is 9.47 Å². The predicted molar refractivity (Wildman–Crippen MR) is 92.2 cm³/mol. The van der Waals surface area contributed by atoms with Gasteiger partial charge in [-0.15, -0.1) is 0 Å². The number of rotatable bonds is 10. The molecule has 0 amide bonds. The van der Waals surface area contributed by atoms with Crippen molar-refractivity contribution < 1.29 is 9.47 Å². The molecule has 0 saturated carbocycles. The molecular weight excluding hydrogens is 384 g/mol. The van der Waals surface area contributed by atoms with E-state index in [0.29, 0.717) is 6.61 Å². The highest BCUT2D eigenvalue weighted by atomic mass is 79.9. The Morgan fingerprint density at radius 2 is 1.75 bits per heavy atom. The number of hydrogen-bond donors (Lipinski definition) is 0. The third-order valence-electron chi connectivity index (χ3n) is 3.02. The van der Waals surface area contributed by atoms with Crippen molar-refractivity contribution in [1.82, 2.24) is 0 Å². The van der Waals surface area contributed by atoms with Crippen LogP contribution in [-0.4, -0.2) is 13.2 Å². The number of ether oxygens (including phenoxy) is 2. The Bertz CT molecular complexity index is 394. The molecule has 0 atom stereocenters. The standard InChI is InChI=1S/C16H24Br2O2/c1-3-5-6-7-8-9-20-16-14(18)10-13(12-17)11-15(16)19-4-2/h10-11H,3-9,12H2,1-2H3. The van der Waals surface area contributed by atoms with Crippen LogP contribution >= 0.6 is 31.9 Å². The zero-order valence-electron chi connectivity index (χ0n) is 12.4. The van der Waals surface area contributed by atoms with E-state index >= 15 is 0 Å². The maximum Gasteiger partial charge on any atom is 0.175 e. The second kappa shape index (κ2) is 10.5. The molecule has 0 aromatic heterocycles. The molecule has 4 heteroatoms. The van der Waals surface area contributed by atoms with Crippen LogP contribution in [0.25, 0.3) is 0 Å². The first kappa shape index (κ1) is 17.8. The SMILES string of the molecule is CCCCCCCOc1c(Br)cc(CBr)cc1OCC. The summed E-state index contributed by atoms with van der Waals surface area (Å²) in [6.07, 6.45) is 6.21. The molecule has 0 bridgehead atoms. The minimum atomic E-state index is 0.644. The second-order valence-corrected chi connectivity index (χ2v) is 6.15. The maximum atomic E-state index is 5.91. The minimum absolute atomic E-state index is 0.644. The molecule has 0 aliphatic rings. The van der Waals surface area contributed by atoms with Crippen LogP contribution in [0.1, 0.15) is 51.5 Å². The molecule has 0 saturated heterocycles. The zero-order chi connectivity index (χ0) is 14.8. The average Bonchev–Trinajstić information content (AvgIpc) is 2.44. The van der Waals surface area contributed by atoms with E-state index in [0.717, 1.165) is 34.3 Å². The topological polar surface area (TPSA) is 18.5 Å². The summed E-state index contributed by atoms with van der Waals surface area (Å²) in [6, 6.07) is 4.11. The molecule has 0 N–H and O–H groups in total. The van der Waals surface area contributed by atoms with Gasteiger partial charge in [0.05, 0.1) is 17.7 Å². The van der Waals surface area contributed by atoms with Crippen molar-refractivity contribution in [3.05, 3.63) is 22.2 Å². The van der Waals surface area contributed by atoms with Crippen molar-refractivity contribution >= 4 is 31.9 Å². The lowest BCUT2D eigenvalue weighted by Crippen LogP contribution is -2.02. The van der Waals surface area contributed by atoms with Crippen LogP contribution < -0.4 is 9.47 Å². The fraction of sp³-hybridized carbons (Fsp3) is 0.625. The first-order valence-corrected chi connectivity index (χ1v) is 9.28. The lowest BCUT2D eigenvalue weighted by Gasteiger charge is -2.15. The van der Waals surface area contributed by atoms with Crippen molar-refractivity contribution in [3.8, 4) is 11.5 Å². The van der Waals surface area contributed by atoms with Gasteiger partial charge in [-0.25, -0.2) is 0 Å². The second-order valence-electron chi connectivity index (χ2n) is 4.73. The predicted octanol–water partition coefficient (Wildman–Crippen LogP) is 6.09. The van der Waals surface area contributed by atoms with Crippen LogP contribution in [-0.2, 0) is 5.33 Å². The molecule has 0 spiro atoms. The van der Waals surface area contributed by atoms with E-state index < -0.39 is 0 Å². The Hall–Kier alpha value is -0.220. The van der Waals surface area contributed by atoms with Crippen LogP contribution in [0, 0.1) is 0 Å². The van der Waals surface area contributed by atoms with Crippen LogP contribution in [0.5, 0.6) is 11.5 Å². The van der Waals surface area contributed by atoms with E-state index in [1.807, 2.05) is 13.0 Å². The summed E-state index contributed by atoms with van der Waals surface area (Å²) in [5, 5.41) is 0.809. The largest absolute Gasteiger partial charge is 0.490 e. The Kier molecular flexibility index (Phi) is 9.36. The fourth-order valence-electron chi connectivity index (χ4n) is 1.98. The molecule has 114 valence electrons. The van der Waals surface area contributed by atoms with Gasteiger partial charge in [0.15, 0.2) is 11.5 Å². The Morgan fingerprint density at radius 3 is 2.40 bits per heavy atom. The first-order chi connectivity index (χ1) is 9.72. The molecule has 0 unspecified atom stereocenters. The number of alkyl halides is 1. The fourth-order valence-corrected chi connectivity index (χ4v) is 2.91. The smallest absolute Gasteiger partial charge is 0.175 e. The van der Waals surface area contributed by atoms with Gasteiger partial charge in [-0.2, -0.15) is 0 Å². The van der Waals surface area contributed by atoms with Crippen molar-refractivity contribution in [1.29, 1.82) is 0 Å². The van der Waals surface area contributed by atoms with Gasteiger partial charge >= 0.3 is 0 Å². The van der Waals surface area contributed by atoms with Crippen molar-refractivity contribution in [2.24, 2.45) is 0 Å². The summed E-state index contributed by atoms with van der Waals surface area (Å²) in [5.41, 5.74) is 1.18. The van der Waals surface area contributed by atoms with Crippen LogP contribution in [0.15, 0.2) is 16.6 Å². The van der Waals surface area contributed by atoms with E-state index in [2.05, 4.69) is 44.8 Å². The van der Waals surface area contributed by atoms with Gasteiger partial charge in [-0.3, -0.25) is 0 Å². The van der Waals surface area contributed by atoms with E-state index in [1.165, 1.54) is 31.2 Å². The van der Waals surface area contributed by atoms with Crippen molar-refractivity contribution in [3.63, 3.8) is 0 Å². The third kappa shape index (κ3) is 6.04. The molecule has 0 fully saturated rings. The summed E-state index contributed by atoms with van der Waals surface area (Å²) >= 11 is 7.05. The number of hydrogen-bond acceptors (Lipinski definition) is 2. The summed E-state index contributed by atoms with van der Waals surface area (Å²) in [4.78, 5) is 0. The monoisotopic (exact) mass is 406 g/mol. The zero-order valence-corrected chi connectivity index (χ0v) is 15.6. The first-order valence-electron chi connectivity index (χ1n) is 7.36. The van der Waals surface area contributed by atoms with Crippen LogP contribution in [0.2, 0.25) is 0 Å². The summed E-state index contributed by atoms with van der Waals surface area (Å²) in [6.45, 7) is 5.61. The summed E-state index contributed by atoms with van der Waals surface area (Å²) in [5.74, 6) is 1.65. The summed E-state index contributed by atoms with van der Waals surface area (Å²) < 4.78 is 12.6. The van der Waals surface area contributed by atoms with Gasteiger partial charge in [-0.05, 0) is 47.0 Å². The highest BCUT2D eigenvalue weighted by molar-refractivity contribution is 9.10. The molecule has 20 heavy (non-hydrogen) atoms. The molecular formula is C16H24Br2O2. The minimum Gasteiger partial charge on any atom is -0.490 e. The number of halogens is 2. The maximum absolute atomic E-state index is 5.91. The quantitative estimate of drug-likeness (QED) is 0.345. The summed E-state index contributed by atoms with van der Waals surface area (Å²) in [7, 11) is 0. The Balaban J connectivity index is 2.58. The number of benzene rings is 1. The molecule has 1 rings (SSSR count). The molecule has 0 heterocycles. The van der Waals surface area contributed by atoms with E-state index in [1.54, 1.807) is 0 Å². The molecule has 1 aromatic rings. The van der Waals surface area contributed by atoms with Gasteiger partial charge in [0, 0.05) is 5.33 Å². The number of unbranched alkanes of at least 4 members (excludes halogenated alkanes) is 4. The van der Waals surface area contributed by atoms with Gasteiger partial charge in [0.25, 0.3) is 0 Å². The third-order valence-corrected chi connectivity index (χ3v) is 4.25. The lowest BCUT2D eigenvalue weighted by atomic mass is 10.2. The van der Waals surface area contributed by atoms with Crippen molar-refractivity contribution in [2.75, 3.05) is 13.2 Å². The van der Waals surface area contributed by atoms with E-state index in [9.17, 15) is 0 Å². The molecule has 0 radical (unpaired) electrons. The normalized spacial score (nSPS) is 10.6. The van der Waals surface area contributed by atoms with Gasteiger partial charge in [0.1, 0.15) is 0 Å². The molecule has 2 nitrogen and oxygen atoms in total. The van der Waals surface area contributed by atoms with Crippen molar-refractivity contribution in [2.45, 2.75) is 51.3 Å². The highest BCUT2D eigenvalue weighted by Gasteiger charge is 2.11. The highest BCUT2D eigenvalue weighted by Crippen LogP contribution is 2.37.